The Morgan fingerprint density at radius 1 is 1.00 bits per heavy atom. The number of nitrogens with one attached hydrogen (secondary N) is 1. The van der Waals surface area contributed by atoms with E-state index in [-0.39, 0.29) is 11.8 Å². The van der Waals surface area contributed by atoms with Crippen LogP contribution in [0.5, 0.6) is 0 Å². The zero-order chi connectivity index (χ0) is 24.4. The summed E-state index contributed by atoms with van der Waals surface area (Å²) in [6.45, 7) is 8.22. The summed E-state index contributed by atoms with van der Waals surface area (Å²) in [5, 5.41) is 3.09. The average molecular weight is 472 g/mol. The number of rotatable bonds is 13. The van der Waals surface area contributed by atoms with Crippen LogP contribution in [0, 0.1) is 5.92 Å². The molecule has 0 bridgehead atoms. The van der Waals surface area contributed by atoms with Crippen LogP contribution in [0.25, 0.3) is 0 Å². The lowest BCUT2D eigenvalue weighted by Crippen LogP contribution is -2.73. The summed E-state index contributed by atoms with van der Waals surface area (Å²) in [7, 11) is 1.68. The molecule has 0 aliphatic carbocycles. The number of nitrogens with zero attached hydrogens (tertiary/aromatic N) is 2. The highest BCUT2D eigenvalue weighted by atomic mass is 16.5. The van der Waals surface area contributed by atoms with Gasteiger partial charge in [0.15, 0.2) is 0 Å². The van der Waals surface area contributed by atoms with Crippen LogP contribution in [-0.2, 0) is 20.7 Å². The van der Waals surface area contributed by atoms with Crippen LogP contribution in [0.3, 0.4) is 0 Å². The van der Waals surface area contributed by atoms with Crippen LogP contribution in [0.4, 0.5) is 0 Å². The molecule has 190 valence electrons. The van der Waals surface area contributed by atoms with Crippen LogP contribution >= 0.6 is 0 Å². The molecule has 6 heteroatoms. The number of hydrogen-bond acceptors (Lipinski definition) is 4. The number of amides is 2. The van der Waals surface area contributed by atoms with Crippen molar-refractivity contribution in [2.45, 2.75) is 83.2 Å². The smallest absolute Gasteiger partial charge is 0.246 e. The summed E-state index contributed by atoms with van der Waals surface area (Å²) in [5.74, 6) is 0.505. The van der Waals surface area contributed by atoms with Crippen molar-refractivity contribution in [2.75, 3.05) is 39.9 Å². The summed E-state index contributed by atoms with van der Waals surface area (Å²) in [6, 6.07) is 10.3. The maximum absolute atomic E-state index is 13.4. The highest BCUT2D eigenvalue weighted by Gasteiger charge is 2.53. The second-order valence-corrected chi connectivity index (χ2v) is 10.5. The van der Waals surface area contributed by atoms with Crippen molar-refractivity contribution in [2.24, 2.45) is 5.92 Å². The number of carbonyl (C=O) groups excluding carboxylic acids is 2. The van der Waals surface area contributed by atoms with Gasteiger partial charge >= 0.3 is 0 Å². The van der Waals surface area contributed by atoms with E-state index in [9.17, 15) is 9.59 Å². The molecule has 1 aromatic rings. The number of piperazine rings is 1. The van der Waals surface area contributed by atoms with Gasteiger partial charge in [-0.25, -0.2) is 0 Å². The summed E-state index contributed by atoms with van der Waals surface area (Å²) >= 11 is 0. The fourth-order valence-electron chi connectivity index (χ4n) is 5.50. The minimum atomic E-state index is -0.690. The lowest BCUT2D eigenvalue weighted by atomic mass is 9.80. The van der Waals surface area contributed by atoms with Gasteiger partial charge in [0.1, 0.15) is 11.6 Å². The predicted molar refractivity (Wildman–Crippen MR) is 137 cm³/mol. The van der Waals surface area contributed by atoms with E-state index in [4.69, 9.17) is 4.74 Å². The first-order valence-corrected chi connectivity index (χ1v) is 13.3. The maximum Gasteiger partial charge on any atom is 0.246 e. The molecule has 1 N–H and O–H groups in total. The largest absolute Gasteiger partial charge is 0.385 e. The summed E-state index contributed by atoms with van der Waals surface area (Å²) in [5.41, 5.74) is 0.736. The molecule has 0 unspecified atom stereocenters. The molecular formula is C28H45N3O3. The highest BCUT2D eigenvalue weighted by molar-refractivity contribution is 6.00. The average Bonchev–Trinajstić information content (AvgIpc) is 2.83. The number of carbonyl (C=O) groups is 2. The Labute approximate surface area is 206 Å². The Balaban J connectivity index is 1.47. The zero-order valence-electron chi connectivity index (χ0n) is 21.6. The second-order valence-electron chi connectivity index (χ2n) is 10.5. The number of piperidine rings is 1. The molecule has 1 atom stereocenters. The van der Waals surface area contributed by atoms with E-state index in [1.165, 1.54) is 31.2 Å². The minimum absolute atomic E-state index is 0.0516. The Kier molecular flexibility index (Phi) is 10.4. The zero-order valence-corrected chi connectivity index (χ0v) is 21.6. The van der Waals surface area contributed by atoms with E-state index in [1.54, 1.807) is 7.11 Å². The topological polar surface area (TPSA) is 61.9 Å². The monoisotopic (exact) mass is 471 g/mol. The second kappa shape index (κ2) is 13.2. The molecule has 6 nitrogen and oxygen atoms in total. The van der Waals surface area contributed by atoms with Gasteiger partial charge in [0.05, 0.1) is 0 Å². The van der Waals surface area contributed by atoms with Crippen molar-refractivity contribution in [3.8, 4) is 0 Å². The Bertz CT molecular complexity index is 759. The van der Waals surface area contributed by atoms with Gasteiger partial charge in [-0.2, -0.15) is 0 Å². The molecule has 0 radical (unpaired) electrons. The maximum atomic E-state index is 13.4. The number of unbranched alkanes of at least 4 members (excludes halogenated alkanes) is 3. The third-order valence-electron chi connectivity index (χ3n) is 7.46. The quantitative estimate of drug-likeness (QED) is 0.441. The van der Waals surface area contributed by atoms with Gasteiger partial charge in [-0.3, -0.25) is 9.59 Å². The number of likely N-dealkylation sites (tertiary alicyclic amines) is 1. The molecule has 0 saturated carbocycles. The standard InChI is InChI=1S/C28H45N3O3/c1-23(2)22-25-26(32)31(18-11-21-34-3)28(27(33)29-25)15-19-30(20-16-28)17-10-5-4-7-12-24-13-8-6-9-14-24/h6,8-9,13-14,23,25H,4-5,7,10-12,15-22H2,1-3H3,(H,29,33)/t25-/m0/s1. The molecule has 2 heterocycles. The van der Waals surface area contributed by atoms with Gasteiger partial charge in [0.2, 0.25) is 11.8 Å². The van der Waals surface area contributed by atoms with Crippen LogP contribution in [0.1, 0.15) is 70.8 Å². The van der Waals surface area contributed by atoms with Crippen LogP contribution < -0.4 is 5.32 Å². The van der Waals surface area contributed by atoms with Crippen LogP contribution in [0.15, 0.2) is 30.3 Å². The first-order chi connectivity index (χ1) is 16.5. The number of hydrogen-bond donors (Lipinski definition) is 1. The number of ether oxygens (including phenoxy) is 1. The first-order valence-electron chi connectivity index (χ1n) is 13.3. The van der Waals surface area contributed by atoms with Crippen molar-refractivity contribution >= 4 is 11.8 Å². The molecule has 2 amide bonds. The van der Waals surface area contributed by atoms with E-state index in [2.05, 4.69) is 54.4 Å². The first kappa shape index (κ1) is 26.7. The molecule has 1 spiro atoms. The third kappa shape index (κ3) is 7.05. The lowest BCUT2D eigenvalue weighted by Gasteiger charge is -2.52. The van der Waals surface area contributed by atoms with Crippen LogP contribution in [-0.4, -0.2) is 73.1 Å². The van der Waals surface area contributed by atoms with E-state index in [0.29, 0.717) is 25.5 Å². The molecule has 3 rings (SSSR count). The van der Waals surface area contributed by atoms with Gasteiger partial charge in [-0.1, -0.05) is 57.0 Å². The predicted octanol–water partition coefficient (Wildman–Crippen LogP) is 4.03. The van der Waals surface area contributed by atoms with Gasteiger partial charge in [-0.05, 0) is 63.0 Å². The van der Waals surface area contributed by atoms with E-state index in [1.807, 2.05) is 4.90 Å². The van der Waals surface area contributed by atoms with E-state index >= 15 is 0 Å². The van der Waals surface area contributed by atoms with Gasteiger partial charge < -0.3 is 19.9 Å². The third-order valence-corrected chi connectivity index (χ3v) is 7.46. The highest BCUT2D eigenvalue weighted by Crippen LogP contribution is 2.34. The molecule has 2 aliphatic heterocycles. The van der Waals surface area contributed by atoms with E-state index in [0.717, 1.165) is 45.3 Å². The van der Waals surface area contributed by atoms with Gasteiger partial charge in [-0.15, -0.1) is 0 Å². The Morgan fingerprint density at radius 3 is 2.38 bits per heavy atom. The van der Waals surface area contributed by atoms with Gasteiger partial charge in [0.25, 0.3) is 0 Å². The number of methoxy groups -OCH3 is 1. The minimum Gasteiger partial charge on any atom is -0.385 e. The number of benzene rings is 1. The van der Waals surface area contributed by atoms with Crippen molar-refractivity contribution in [1.29, 1.82) is 0 Å². The lowest BCUT2D eigenvalue weighted by molar-refractivity contribution is -0.162. The molecular weight excluding hydrogens is 426 g/mol. The fourth-order valence-corrected chi connectivity index (χ4v) is 5.50. The Morgan fingerprint density at radius 2 is 1.71 bits per heavy atom. The van der Waals surface area contributed by atoms with E-state index < -0.39 is 11.6 Å². The van der Waals surface area contributed by atoms with Crippen LogP contribution in [0.2, 0.25) is 0 Å². The molecule has 2 saturated heterocycles. The summed E-state index contributed by atoms with van der Waals surface area (Å²) in [6.07, 6.45) is 8.99. The molecule has 2 aliphatic rings. The summed E-state index contributed by atoms with van der Waals surface area (Å²) in [4.78, 5) is 31.1. The molecule has 1 aromatic carbocycles. The molecule has 2 fully saturated rings. The summed E-state index contributed by atoms with van der Waals surface area (Å²) < 4.78 is 5.23. The Hall–Kier alpha value is -1.92. The van der Waals surface area contributed by atoms with Crippen molar-refractivity contribution < 1.29 is 14.3 Å². The fraction of sp³-hybridized carbons (Fsp3) is 0.714. The molecule has 0 aromatic heterocycles. The molecule has 34 heavy (non-hydrogen) atoms. The van der Waals surface area contributed by atoms with Crippen molar-refractivity contribution in [3.63, 3.8) is 0 Å². The van der Waals surface area contributed by atoms with Gasteiger partial charge in [0, 0.05) is 33.4 Å². The normalized spacial score (nSPS) is 20.8. The van der Waals surface area contributed by atoms with Crippen molar-refractivity contribution in [1.82, 2.24) is 15.1 Å². The number of aryl methyl sites for hydroxylation is 1. The van der Waals surface area contributed by atoms with Crippen molar-refractivity contribution in [3.05, 3.63) is 35.9 Å². The SMILES string of the molecule is COCCCN1C(=O)[C@H](CC(C)C)NC(=O)C12CCN(CCCCCCc1ccccc1)CC2.